The van der Waals surface area contributed by atoms with Crippen LogP contribution in [-0.2, 0) is 23.3 Å². The van der Waals surface area contributed by atoms with Crippen LogP contribution in [0.15, 0.2) is 42.5 Å². The predicted molar refractivity (Wildman–Crippen MR) is 110 cm³/mol. The van der Waals surface area contributed by atoms with Gasteiger partial charge in [0.15, 0.2) is 0 Å². The quantitative estimate of drug-likeness (QED) is 0.571. The topological polar surface area (TPSA) is 12.0 Å². The molecule has 2 aromatic rings. The molecule has 1 nitrogen and oxygen atoms in total. The third-order valence-electron chi connectivity index (χ3n) is 8.14. The van der Waals surface area contributed by atoms with Crippen molar-refractivity contribution >= 4 is 3.87 Å². The Hall–Kier alpha value is -0.886. The molecule has 5 aliphatic carbocycles. The van der Waals surface area contributed by atoms with E-state index in [-0.39, 0.29) is 0 Å². The fourth-order valence-electron chi connectivity index (χ4n) is 7.74. The van der Waals surface area contributed by atoms with Crippen LogP contribution in [0.3, 0.4) is 0 Å². The summed E-state index contributed by atoms with van der Waals surface area (Å²) in [5.74, 6) is 3.06. The summed E-state index contributed by atoms with van der Waals surface area (Å²) in [6.45, 7) is 0. The summed E-state index contributed by atoms with van der Waals surface area (Å²) in [5, 5.41) is 5.24. The standard InChI is InChI=1S/C13H9.C10H16N.2CH3.Ti/c1-3-7-12-10(5-1)9-11-6-2-4-8-13(11)12;11-10-4-7-1-8(5-10)3-9(2-7)6-10;;;/h1-5,7-8H,9H2;7-9,11H,1-6H2;2*1H3;/q;-1;;;+1. The van der Waals surface area contributed by atoms with Gasteiger partial charge in [0.1, 0.15) is 0 Å². The first kappa shape index (κ1) is 17.0. The van der Waals surface area contributed by atoms with Gasteiger partial charge in [-0.15, -0.1) is 0 Å². The second-order valence-electron chi connectivity index (χ2n) is 10.6. The first-order chi connectivity index (χ1) is 13.0. The van der Waals surface area contributed by atoms with E-state index in [1.807, 2.05) is 0 Å². The Morgan fingerprint density at radius 1 is 0.815 bits per heavy atom. The second-order valence-corrected chi connectivity index (χ2v) is 16.9. The molecule has 0 heterocycles. The minimum absolute atomic E-state index is 0.479. The van der Waals surface area contributed by atoms with Gasteiger partial charge < -0.3 is 0 Å². The molecule has 4 fully saturated rings. The van der Waals surface area contributed by atoms with Crippen molar-refractivity contribution in [3.8, 4) is 11.1 Å². The Bertz CT molecular complexity index is 877. The van der Waals surface area contributed by atoms with E-state index in [1.54, 1.807) is 9.43 Å². The predicted octanol–water partition coefficient (Wildman–Crippen LogP) is 5.61. The molecule has 0 amide bonds. The average molecular weight is 393 g/mol. The molecule has 140 valence electrons. The van der Waals surface area contributed by atoms with Crippen molar-refractivity contribution in [1.82, 2.24) is 3.80 Å². The van der Waals surface area contributed by atoms with E-state index >= 15 is 0 Å². The summed E-state index contributed by atoms with van der Waals surface area (Å²) >= 11 is -2.32. The summed E-state index contributed by atoms with van der Waals surface area (Å²) in [5.41, 5.74) is 6.62. The van der Waals surface area contributed by atoms with Crippen LogP contribution in [0.2, 0.25) is 10.5 Å². The van der Waals surface area contributed by atoms with Gasteiger partial charge in [-0.05, 0) is 0 Å². The first-order valence-electron chi connectivity index (χ1n) is 11.0. The Labute approximate surface area is 167 Å². The number of fused-ring (bicyclic) bond motifs is 3. The molecule has 0 radical (unpaired) electrons. The van der Waals surface area contributed by atoms with Gasteiger partial charge in [0.05, 0.1) is 0 Å². The van der Waals surface area contributed by atoms with Crippen molar-refractivity contribution in [3.63, 3.8) is 0 Å². The summed E-state index contributed by atoms with van der Waals surface area (Å²) < 4.78 is 6.17. The van der Waals surface area contributed by atoms with Crippen LogP contribution in [0.1, 0.15) is 49.7 Å². The third kappa shape index (κ3) is 2.65. The van der Waals surface area contributed by atoms with E-state index in [9.17, 15) is 0 Å². The number of benzene rings is 2. The average Bonchev–Trinajstić information content (AvgIpc) is 2.98. The van der Waals surface area contributed by atoms with Gasteiger partial charge in [-0.2, -0.15) is 0 Å². The molecular weight excluding hydrogens is 362 g/mol. The van der Waals surface area contributed by atoms with E-state index < -0.39 is 16.8 Å². The molecule has 5 aliphatic rings. The zero-order valence-electron chi connectivity index (χ0n) is 16.7. The summed E-state index contributed by atoms with van der Waals surface area (Å²) in [4.78, 5) is 0. The molecule has 0 spiro atoms. The maximum absolute atomic E-state index is 4.46. The van der Waals surface area contributed by atoms with Crippen molar-refractivity contribution in [2.75, 3.05) is 0 Å². The van der Waals surface area contributed by atoms with Crippen LogP contribution in [0.5, 0.6) is 0 Å². The van der Waals surface area contributed by atoms with Crippen molar-refractivity contribution in [2.24, 2.45) is 17.8 Å². The van der Waals surface area contributed by atoms with Crippen LogP contribution in [0.25, 0.3) is 11.1 Å². The SMILES string of the molecule is [CH3][Ti]([CH3])([NH]C12CC3CC(CC(C3)C1)C2)[c]1cccc2c1Cc1ccccc1-2. The van der Waals surface area contributed by atoms with Crippen LogP contribution in [-0.4, -0.2) is 5.54 Å². The van der Waals surface area contributed by atoms with E-state index in [2.05, 4.69) is 56.7 Å². The van der Waals surface area contributed by atoms with Crippen LogP contribution < -0.4 is 7.67 Å². The van der Waals surface area contributed by atoms with Gasteiger partial charge in [0, 0.05) is 0 Å². The zero-order valence-corrected chi connectivity index (χ0v) is 18.3. The fourth-order valence-corrected chi connectivity index (χ4v) is 12.8. The van der Waals surface area contributed by atoms with E-state index in [0.717, 1.165) is 24.2 Å². The number of hydrogen-bond donors (Lipinski definition) is 1. The molecule has 2 aromatic carbocycles. The summed E-state index contributed by atoms with van der Waals surface area (Å²) in [6, 6.07) is 16.2. The molecule has 7 rings (SSSR count). The Kier molecular flexibility index (Phi) is 3.66. The van der Waals surface area contributed by atoms with Crippen LogP contribution in [0.4, 0.5) is 0 Å². The van der Waals surface area contributed by atoms with Crippen LogP contribution in [0, 0.1) is 17.8 Å². The summed E-state index contributed by atoms with van der Waals surface area (Å²) in [6.07, 6.45) is 10.1. The van der Waals surface area contributed by atoms with Crippen molar-refractivity contribution in [2.45, 2.75) is 60.9 Å². The molecule has 0 saturated heterocycles. The Morgan fingerprint density at radius 2 is 1.44 bits per heavy atom. The van der Waals surface area contributed by atoms with Gasteiger partial charge >= 0.3 is 168 Å². The molecule has 0 unspecified atom stereocenters. The van der Waals surface area contributed by atoms with Gasteiger partial charge in [-0.3, -0.25) is 0 Å². The molecule has 0 aliphatic heterocycles. The minimum atomic E-state index is -2.32. The molecule has 0 aromatic heterocycles. The molecule has 1 N–H and O–H groups in total. The molecule has 4 bridgehead atoms. The molecule has 0 atom stereocenters. The maximum atomic E-state index is 4.46. The Balaban J connectivity index is 1.36. The van der Waals surface area contributed by atoms with E-state index in [0.29, 0.717) is 5.54 Å². The van der Waals surface area contributed by atoms with E-state index in [1.165, 1.54) is 55.2 Å². The first-order valence-corrected chi connectivity index (χ1v) is 15.7. The van der Waals surface area contributed by atoms with Crippen LogP contribution >= 0.6 is 0 Å². The summed E-state index contributed by atoms with van der Waals surface area (Å²) in [7, 11) is 0. The second kappa shape index (κ2) is 5.81. The fraction of sp³-hybridized carbons (Fsp3) is 0.520. The Morgan fingerprint density at radius 3 is 2.15 bits per heavy atom. The van der Waals surface area contributed by atoms with Gasteiger partial charge in [-0.25, -0.2) is 0 Å². The van der Waals surface area contributed by atoms with Gasteiger partial charge in [0.2, 0.25) is 0 Å². The van der Waals surface area contributed by atoms with Crippen molar-refractivity contribution < 1.29 is 16.8 Å². The number of rotatable bonds is 3. The van der Waals surface area contributed by atoms with E-state index in [4.69, 9.17) is 0 Å². The normalized spacial score (nSPS) is 33.2. The molecular formula is C25H31NTi. The van der Waals surface area contributed by atoms with Crippen molar-refractivity contribution in [1.29, 1.82) is 0 Å². The zero-order chi connectivity index (χ0) is 18.2. The van der Waals surface area contributed by atoms with Crippen molar-refractivity contribution in [3.05, 3.63) is 53.6 Å². The molecule has 2 heteroatoms. The third-order valence-corrected chi connectivity index (χ3v) is 12.8. The van der Waals surface area contributed by atoms with Gasteiger partial charge in [-0.1, -0.05) is 0 Å². The molecule has 4 saturated carbocycles. The molecule has 27 heavy (non-hydrogen) atoms. The number of hydrogen-bond acceptors (Lipinski definition) is 1. The monoisotopic (exact) mass is 393 g/mol. The van der Waals surface area contributed by atoms with Gasteiger partial charge in [0.25, 0.3) is 0 Å². The number of nitrogens with one attached hydrogen (secondary N) is 1.